The Morgan fingerprint density at radius 3 is 2.60 bits per heavy atom. The first-order valence-electron chi connectivity index (χ1n) is 12.9. The molecule has 5 atom stereocenters. The van der Waals surface area contributed by atoms with Crippen LogP contribution >= 0.6 is 11.8 Å². The van der Waals surface area contributed by atoms with Crippen LogP contribution in [0.1, 0.15) is 65.7 Å². The van der Waals surface area contributed by atoms with Crippen LogP contribution < -0.4 is 0 Å². The number of likely N-dealkylation sites (tertiary alicyclic amines) is 1. The second-order valence-corrected chi connectivity index (χ2v) is 12.5. The lowest BCUT2D eigenvalue weighted by Gasteiger charge is -2.42. The van der Waals surface area contributed by atoms with Gasteiger partial charge in [-0.3, -0.25) is 14.4 Å². The van der Waals surface area contributed by atoms with E-state index in [1.807, 2.05) is 25.7 Å². The van der Waals surface area contributed by atoms with Crippen molar-refractivity contribution in [3.05, 3.63) is 25.3 Å². The molecule has 3 heterocycles. The van der Waals surface area contributed by atoms with E-state index in [9.17, 15) is 19.5 Å². The zero-order chi connectivity index (χ0) is 25.8. The lowest BCUT2D eigenvalue weighted by Crippen LogP contribution is -2.58. The molecule has 8 heteroatoms. The van der Waals surface area contributed by atoms with Gasteiger partial charge in [-0.1, -0.05) is 12.2 Å². The number of aliphatic hydroxyl groups is 1. The van der Waals surface area contributed by atoms with Crippen molar-refractivity contribution in [2.45, 2.75) is 87.3 Å². The highest BCUT2D eigenvalue weighted by atomic mass is 32.2. The lowest BCUT2D eigenvalue weighted by atomic mass is 9.71. The molecule has 1 spiro atoms. The molecule has 1 N–H and O–H groups in total. The van der Waals surface area contributed by atoms with Gasteiger partial charge in [0.2, 0.25) is 11.8 Å². The minimum absolute atomic E-state index is 0.00480. The van der Waals surface area contributed by atoms with E-state index >= 15 is 0 Å². The van der Waals surface area contributed by atoms with Crippen LogP contribution in [0.25, 0.3) is 0 Å². The Kier molecular flexibility index (Phi) is 9.13. The second kappa shape index (κ2) is 11.5. The summed E-state index contributed by atoms with van der Waals surface area (Å²) in [7, 11) is 0. The van der Waals surface area contributed by atoms with Gasteiger partial charge < -0.3 is 19.6 Å². The molecular weight excluding hydrogens is 464 g/mol. The smallest absolute Gasteiger partial charge is 0.310 e. The maximum atomic E-state index is 14.2. The highest BCUT2D eigenvalue weighted by Gasteiger charge is 2.74. The first-order valence-corrected chi connectivity index (χ1v) is 13.8. The van der Waals surface area contributed by atoms with Crippen LogP contribution in [0.4, 0.5) is 0 Å². The van der Waals surface area contributed by atoms with Crippen molar-refractivity contribution in [2.75, 3.05) is 26.3 Å². The number of amides is 2. The molecule has 0 aromatic heterocycles. The van der Waals surface area contributed by atoms with Gasteiger partial charge >= 0.3 is 5.97 Å². The number of esters is 1. The average molecular weight is 507 g/mol. The summed E-state index contributed by atoms with van der Waals surface area (Å²) in [6.45, 7) is 14.8. The van der Waals surface area contributed by atoms with E-state index in [0.29, 0.717) is 39.0 Å². The fourth-order valence-electron chi connectivity index (χ4n) is 5.98. The van der Waals surface area contributed by atoms with E-state index in [0.717, 1.165) is 25.7 Å². The van der Waals surface area contributed by atoms with Crippen LogP contribution in [0.5, 0.6) is 0 Å². The number of allylic oxidation sites excluding steroid dienone is 1. The van der Waals surface area contributed by atoms with Crippen molar-refractivity contribution in [2.24, 2.45) is 11.8 Å². The fourth-order valence-corrected chi connectivity index (χ4v) is 8.18. The molecule has 35 heavy (non-hydrogen) atoms. The standard InChI is InChI=1S/C27H42N2O5S/c1-6-8-12-18-34-25(33)20-19-13-14-27(35-19)21(20)23(31)28(16-10-9-11-17-30)22(27)24(32)29(15-7-2)26(3,4)5/h6-7,19-22,30H,1-2,8-18H2,3-5H3/t19-,20+,21+,22?,27?/m1/s1. The minimum atomic E-state index is -0.609. The average Bonchev–Trinajstić information content (AvgIpc) is 3.44. The Morgan fingerprint density at radius 2 is 1.97 bits per heavy atom. The fraction of sp³-hybridized carbons (Fsp3) is 0.741. The third-order valence-corrected chi connectivity index (χ3v) is 9.50. The van der Waals surface area contributed by atoms with Crippen molar-refractivity contribution in [3.63, 3.8) is 0 Å². The van der Waals surface area contributed by atoms with Gasteiger partial charge in [-0.25, -0.2) is 0 Å². The summed E-state index contributed by atoms with van der Waals surface area (Å²) in [4.78, 5) is 44.9. The van der Waals surface area contributed by atoms with Crippen LogP contribution in [-0.2, 0) is 19.1 Å². The largest absolute Gasteiger partial charge is 0.465 e. The van der Waals surface area contributed by atoms with Crippen LogP contribution in [0.3, 0.4) is 0 Å². The van der Waals surface area contributed by atoms with Crippen molar-refractivity contribution < 1.29 is 24.2 Å². The molecule has 2 bridgehead atoms. The number of rotatable bonds is 13. The maximum absolute atomic E-state index is 14.2. The molecule has 0 aromatic carbocycles. The van der Waals surface area contributed by atoms with Crippen LogP contribution in [-0.4, -0.2) is 80.6 Å². The van der Waals surface area contributed by atoms with Gasteiger partial charge in [-0.15, -0.1) is 24.9 Å². The number of thioether (sulfide) groups is 1. The Hall–Kier alpha value is -1.80. The molecule has 2 unspecified atom stereocenters. The first kappa shape index (κ1) is 27.8. The van der Waals surface area contributed by atoms with E-state index in [2.05, 4.69) is 13.2 Å². The highest BCUT2D eigenvalue weighted by molar-refractivity contribution is 8.02. The molecule has 3 aliphatic heterocycles. The number of carbonyl (C=O) groups is 3. The summed E-state index contributed by atoms with van der Waals surface area (Å²) < 4.78 is 5.01. The summed E-state index contributed by atoms with van der Waals surface area (Å²) in [5.41, 5.74) is -0.434. The monoisotopic (exact) mass is 506 g/mol. The van der Waals surface area contributed by atoms with Gasteiger partial charge in [0.05, 0.1) is 23.2 Å². The van der Waals surface area contributed by atoms with Crippen LogP contribution in [0.2, 0.25) is 0 Å². The van der Waals surface area contributed by atoms with Crippen LogP contribution in [0.15, 0.2) is 25.3 Å². The van der Waals surface area contributed by atoms with Crippen molar-refractivity contribution in [1.82, 2.24) is 9.80 Å². The number of aliphatic hydroxyl groups excluding tert-OH is 1. The van der Waals surface area contributed by atoms with E-state index < -0.39 is 28.2 Å². The Balaban J connectivity index is 1.93. The Bertz CT molecular complexity index is 825. The van der Waals surface area contributed by atoms with E-state index in [1.165, 1.54) is 0 Å². The number of hydrogen-bond donors (Lipinski definition) is 1. The van der Waals surface area contributed by atoms with Crippen LogP contribution in [0, 0.1) is 11.8 Å². The first-order chi connectivity index (χ1) is 16.6. The third kappa shape index (κ3) is 5.33. The predicted molar refractivity (Wildman–Crippen MR) is 139 cm³/mol. The Morgan fingerprint density at radius 1 is 1.23 bits per heavy atom. The van der Waals surface area contributed by atoms with Gasteiger partial charge in [-0.2, -0.15) is 0 Å². The SMILES string of the molecule is C=CCCCOC(=O)[C@@H]1[C@H]2C(=O)N(CCCCCO)C(C(=O)N(CC=C)C(C)(C)C)C23CC[C@H]1S3. The van der Waals surface area contributed by atoms with Gasteiger partial charge in [0.1, 0.15) is 6.04 Å². The molecule has 2 amide bonds. The highest BCUT2D eigenvalue weighted by Crippen LogP contribution is 2.66. The molecule has 0 saturated carbocycles. The van der Waals surface area contributed by atoms with Gasteiger partial charge in [0, 0.05) is 30.5 Å². The number of carbonyl (C=O) groups excluding carboxylic acids is 3. The van der Waals surface area contributed by atoms with E-state index in [-0.39, 0.29) is 29.6 Å². The molecule has 0 aromatic rings. The minimum Gasteiger partial charge on any atom is -0.465 e. The molecular formula is C27H42N2O5S. The topological polar surface area (TPSA) is 87.1 Å². The normalized spacial score (nSPS) is 29.3. The number of fused-ring (bicyclic) bond motifs is 1. The summed E-state index contributed by atoms with van der Waals surface area (Å²) in [6, 6.07) is -0.609. The Labute approximate surface area is 214 Å². The second-order valence-electron chi connectivity index (χ2n) is 10.9. The van der Waals surface area contributed by atoms with Gasteiger partial charge in [0.25, 0.3) is 0 Å². The number of nitrogens with zero attached hydrogens (tertiary/aromatic N) is 2. The molecule has 7 nitrogen and oxygen atoms in total. The number of hydrogen-bond acceptors (Lipinski definition) is 6. The van der Waals surface area contributed by atoms with Crippen molar-refractivity contribution in [3.8, 4) is 0 Å². The number of unbranched alkanes of at least 4 members (excludes halogenated alkanes) is 3. The molecule has 0 aliphatic carbocycles. The summed E-state index contributed by atoms with van der Waals surface area (Å²) >= 11 is 1.67. The predicted octanol–water partition coefficient (Wildman–Crippen LogP) is 3.56. The summed E-state index contributed by atoms with van der Waals surface area (Å²) in [5, 5.41) is 9.18. The molecule has 196 valence electrons. The molecule has 3 saturated heterocycles. The van der Waals surface area contributed by atoms with E-state index in [4.69, 9.17) is 4.74 Å². The number of ether oxygens (including phenoxy) is 1. The van der Waals surface area contributed by atoms with Crippen molar-refractivity contribution >= 4 is 29.5 Å². The van der Waals surface area contributed by atoms with E-state index in [1.54, 1.807) is 28.8 Å². The molecule has 0 radical (unpaired) electrons. The van der Waals surface area contributed by atoms with Gasteiger partial charge in [0.15, 0.2) is 0 Å². The zero-order valence-electron chi connectivity index (χ0n) is 21.5. The molecule has 3 aliphatic rings. The quantitative estimate of drug-likeness (QED) is 0.234. The molecule has 3 rings (SSSR count). The third-order valence-electron chi connectivity index (χ3n) is 7.55. The zero-order valence-corrected chi connectivity index (χ0v) is 22.4. The lowest BCUT2D eigenvalue weighted by molar-refractivity contribution is -0.154. The maximum Gasteiger partial charge on any atom is 0.310 e. The molecule has 3 fully saturated rings. The summed E-state index contributed by atoms with van der Waals surface area (Å²) in [5.74, 6) is -1.51. The summed E-state index contributed by atoms with van der Waals surface area (Å²) in [6.07, 6.45) is 8.70. The van der Waals surface area contributed by atoms with Gasteiger partial charge in [-0.05, 0) is 65.7 Å². The van der Waals surface area contributed by atoms with Crippen molar-refractivity contribution in [1.29, 1.82) is 0 Å².